The molecule has 1 heterocycles. The van der Waals surface area contributed by atoms with Crippen molar-refractivity contribution in [3.63, 3.8) is 0 Å². The van der Waals surface area contributed by atoms with Gasteiger partial charge in [0.25, 0.3) is 15.9 Å². The molecule has 0 aliphatic carbocycles. The van der Waals surface area contributed by atoms with Crippen molar-refractivity contribution in [3.8, 4) is 0 Å². The average molecular weight is 470 g/mol. The van der Waals surface area contributed by atoms with Crippen LogP contribution in [-0.4, -0.2) is 45.4 Å². The van der Waals surface area contributed by atoms with Crippen molar-refractivity contribution in [3.05, 3.63) is 88.9 Å². The van der Waals surface area contributed by atoms with Gasteiger partial charge in [-0.15, -0.1) is 0 Å². The number of nitrogens with one attached hydrogen (secondary N) is 1. The molecule has 166 valence electrons. The van der Waals surface area contributed by atoms with Gasteiger partial charge in [-0.3, -0.25) is 9.52 Å². The molecule has 1 saturated heterocycles. The first-order valence-electron chi connectivity index (χ1n) is 10.3. The first-order valence-corrected chi connectivity index (χ1v) is 12.2. The number of carbonyl (C=O) groups excluding carboxylic acids is 1. The van der Waals surface area contributed by atoms with Gasteiger partial charge in [0.1, 0.15) is 4.90 Å². The molecule has 0 unspecified atom stereocenters. The van der Waals surface area contributed by atoms with Crippen molar-refractivity contribution in [2.45, 2.75) is 11.8 Å². The van der Waals surface area contributed by atoms with Crippen LogP contribution >= 0.6 is 11.6 Å². The van der Waals surface area contributed by atoms with Crippen LogP contribution in [-0.2, 0) is 10.0 Å². The summed E-state index contributed by atoms with van der Waals surface area (Å²) in [7, 11) is -3.95. The van der Waals surface area contributed by atoms with E-state index in [1.807, 2.05) is 31.2 Å². The zero-order chi connectivity index (χ0) is 22.7. The Balaban J connectivity index is 1.50. The summed E-state index contributed by atoms with van der Waals surface area (Å²) >= 11 is 6.20. The number of halogens is 1. The molecule has 1 aliphatic heterocycles. The van der Waals surface area contributed by atoms with E-state index < -0.39 is 10.0 Å². The van der Waals surface area contributed by atoms with Gasteiger partial charge in [-0.05, 0) is 55.0 Å². The lowest BCUT2D eigenvalue weighted by molar-refractivity contribution is 0.0746. The van der Waals surface area contributed by atoms with Crippen molar-refractivity contribution in [1.29, 1.82) is 0 Å². The Hall–Kier alpha value is -3.03. The van der Waals surface area contributed by atoms with Gasteiger partial charge in [-0.1, -0.05) is 41.9 Å². The molecule has 8 heteroatoms. The van der Waals surface area contributed by atoms with Crippen LogP contribution in [0.5, 0.6) is 0 Å². The maximum Gasteiger partial charge on any atom is 0.263 e. The van der Waals surface area contributed by atoms with Gasteiger partial charge >= 0.3 is 0 Å². The monoisotopic (exact) mass is 469 g/mol. The minimum absolute atomic E-state index is 0.0654. The zero-order valence-electron chi connectivity index (χ0n) is 17.7. The maximum atomic E-state index is 13.1. The van der Waals surface area contributed by atoms with Gasteiger partial charge < -0.3 is 9.80 Å². The van der Waals surface area contributed by atoms with E-state index >= 15 is 0 Å². The quantitative estimate of drug-likeness (QED) is 0.600. The fourth-order valence-electron chi connectivity index (χ4n) is 3.75. The van der Waals surface area contributed by atoms with E-state index in [4.69, 9.17) is 11.6 Å². The Bertz CT molecular complexity index is 1220. The Morgan fingerprint density at radius 3 is 2.31 bits per heavy atom. The summed E-state index contributed by atoms with van der Waals surface area (Å²) in [5.74, 6) is -0.207. The fraction of sp³-hybridized carbons (Fsp3) is 0.208. The van der Waals surface area contributed by atoms with Gasteiger partial charge in [-0.2, -0.15) is 0 Å². The first-order chi connectivity index (χ1) is 15.3. The standard InChI is InChI=1S/C24H24ClN3O3S/c1-18-6-5-7-20(16-18)26-32(30,31)23-17-19(10-11-22(23)25)24(29)28-14-12-27(13-15-28)21-8-3-2-4-9-21/h2-11,16-17,26H,12-15H2,1H3. The molecule has 6 nitrogen and oxygen atoms in total. The molecule has 0 atom stereocenters. The predicted molar refractivity (Wildman–Crippen MR) is 128 cm³/mol. The molecule has 4 rings (SSSR count). The lowest BCUT2D eigenvalue weighted by Gasteiger charge is -2.36. The topological polar surface area (TPSA) is 69.7 Å². The van der Waals surface area contributed by atoms with Crippen LogP contribution in [0.25, 0.3) is 0 Å². The lowest BCUT2D eigenvalue weighted by atomic mass is 10.1. The van der Waals surface area contributed by atoms with Crippen LogP contribution in [0.3, 0.4) is 0 Å². The molecule has 32 heavy (non-hydrogen) atoms. The molecule has 0 saturated carbocycles. The van der Waals surface area contributed by atoms with Crippen molar-refractivity contribution in [2.24, 2.45) is 0 Å². The highest BCUT2D eigenvalue weighted by Gasteiger charge is 2.25. The number of para-hydroxylation sites is 1. The highest BCUT2D eigenvalue weighted by molar-refractivity contribution is 7.92. The van der Waals surface area contributed by atoms with Crippen LogP contribution in [0.1, 0.15) is 15.9 Å². The third-order valence-corrected chi connectivity index (χ3v) is 7.29. The molecule has 0 radical (unpaired) electrons. The van der Waals surface area contributed by atoms with E-state index in [1.165, 1.54) is 12.1 Å². The van der Waals surface area contributed by atoms with Gasteiger partial charge in [-0.25, -0.2) is 8.42 Å². The molecule has 1 amide bonds. The fourth-order valence-corrected chi connectivity index (χ4v) is 5.33. The van der Waals surface area contributed by atoms with Crippen LogP contribution < -0.4 is 9.62 Å². The minimum atomic E-state index is -3.95. The average Bonchev–Trinajstić information content (AvgIpc) is 2.79. The number of hydrogen-bond acceptors (Lipinski definition) is 4. The van der Waals surface area contributed by atoms with Gasteiger partial charge in [0.15, 0.2) is 0 Å². The number of hydrogen-bond donors (Lipinski definition) is 1. The van der Waals surface area contributed by atoms with Crippen molar-refractivity contribution >= 4 is 38.9 Å². The van der Waals surface area contributed by atoms with E-state index in [-0.39, 0.29) is 15.8 Å². The predicted octanol–water partition coefficient (Wildman–Crippen LogP) is 4.41. The maximum absolute atomic E-state index is 13.1. The Morgan fingerprint density at radius 1 is 0.906 bits per heavy atom. The first kappa shape index (κ1) is 22.2. The summed E-state index contributed by atoms with van der Waals surface area (Å²) in [5, 5.41) is 0.0654. The normalized spacial score (nSPS) is 14.3. The number of rotatable bonds is 5. The van der Waals surface area contributed by atoms with E-state index in [9.17, 15) is 13.2 Å². The molecular weight excluding hydrogens is 446 g/mol. The number of carbonyl (C=O) groups is 1. The van der Waals surface area contributed by atoms with Crippen molar-refractivity contribution < 1.29 is 13.2 Å². The van der Waals surface area contributed by atoms with E-state index in [0.717, 1.165) is 11.3 Å². The summed E-state index contributed by atoms with van der Waals surface area (Å²) in [6.07, 6.45) is 0. The largest absolute Gasteiger partial charge is 0.368 e. The Labute approximate surface area is 193 Å². The molecule has 3 aromatic rings. The molecule has 0 aromatic heterocycles. The van der Waals surface area contributed by atoms with Gasteiger partial charge in [0.2, 0.25) is 0 Å². The summed E-state index contributed by atoms with van der Waals surface area (Å²) < 4.78 is 28.5. The molecule has 1 aliphatic rings. The number of amides is 1. The molecule has 1 N–H and O–H groups in total. The lowest BCUT2D eigenvalue weighted by Crippen LogP contribution is -2.48. The van der Waals surface area contributed by atoms with Crippen molar-refractivity contribution in [1.82, 2.24) is 4.90 Å². The van der Waals surface area contributed by atoms with Crippen molar-refractivity contribution in [2.75, 3.05) is 35.8 Å². The molecule has 3 aromatic carbocycles. The molecule has 0 spiro atoms. The highest BCUT2D eigenvalue weighted by atomic mass is 35.5. The van der Waals surface area contributed by atoms with E-state index in [0.29, 0.717) is 37.4 Å². The molecule has 1 fully saturated rings. The highest BCUT2D eigenvalue weighted by Crippen LogP contribution is 2.26. The number of aryl methyl sites for hydroxylation is 1. The van der Waals surface area contributed by atoms with E-state index in [2.05, 4.69) is 21.8 Å². The van der Waals surface area contributed by atoms with Gasteiger partial charge in [0, 0.05) is 43.1 Å². The number of benzene rings is 3. The summed E-state index contributed by atoms with van der Waals surface area (Å²) in [6, 6.07) is 21.5. The third kappa shape index (κ3) is 4.89. The van der Waals surface area contributed by atoms with Crippen LogP contribution in [0, 0.1) is 6.92 Å². The Morgan fingerprint density at radius 2 is 1.62 bits per heavy atom. The molecule has 0 bridgehead atoms. The van der Waals surface area contributed by atoms with E-state index in [1.54, 1.807) is 29.2 Å². The van der Waals surface area contributed by atoms with Crippen LogP contribution in [0.15, 0.2) is 77.7 Å². The van der Waals surface area contributed by atoms with Crippen LogP contribution in [0.4, 0.5) is 11.4 Å². The summed E-state index contributed by atoms with van der Waals surface area (Å²) in [6.45, 7) is 4.41. The smallest absolute Gasteiger partial charge is 0.263 e. The summed E-state index contributed by atoms with van der Waals surface area (Å²) in [5.41, 5.74) is 2.79. The van der Waals surface area contributed by atoms with Gasteiger partial charge in [0.05, 0.1) is 5.02 Å². The summed E-state index contributed by atoms with van der Waals surface area (Å²) in [4.78, 5) is 16.9. The van der Waals surface area contributed by atoms with Crippen LogP contribution in [0.2, 0.25) is 5.02 Å². The number of sulfonamides is 1. The third-order valence-electron chi connectivity index (χ3n) is 5.43. The second-order valence-corrected chi connectivity index (χ2v) is 9.79. The SMILES string of the molecule is Cc1cccc(NS(=O)(=O)c2cc(C(=O)N3CCN(c4ccccc4)CC3)ccc2Cl)c1. The second kappa shape index (κ2) is 9.22. The number of anilines is 2. The Kier molecular flexibility index (Phi) is 6.39. The zero-order valence-corrected chi connectivity index (χ0v) is 19.2. The molecular formula is C24H24ClN3O3S. The number of piperazine rings is 1. The number of nitrogens with zero attached hydrogens (tertiary/aromatic N) is 2. The second-order valence-electron chi connectivity index (χ2n) is 7.73. The minimum Gasteiger partial charge on any atom is -0.368 e.